The smallest absolute Gasteiger partial charge is 0.226 e. The summed E-state index contributed by atoms with van der Waals surface area (Å²) in [4.78, 5) is 12.0. The maximum absolute atomic E-state index is 12.0. The monoisotopic (exact) mass is 362 g/mol. The number of methoxy groups -OCH3 is 1. The number of hydrogen-bond acceptors (Lipinski definition) is 4. The highest BCUT2D eigenvalue weighted by Gasteiger charge is 2.04. The molecule has 0 heterocycles. The van der Waals surface area contributed by atoms with Gasteiger partial charge in [0.1, 0.15) is 17.2 Å². The van der Waals surface area contributed by atoms with Crippen molar-refractivity contribution >= 4 is 17.3 Å². The fourth-order valence-corrected chi connectivity index (χ4v) is 2.51. The molecule has 1 amide bonds. The van der Waals surface area contributed by atoms with E-state index in [2.05, 4.69) is 10.6 Å². The van der Waals surface area contributed by atoms with Gasteiger partial charge < -0.3 is 20.1 Å². The van der Waals surface area contributed by atoms with E-state index in [1.54, 1.807) is 13.2 Å². The fraction of sp³-hybridized carbons (Fsp3) is 0.136. The first-order valence-electron chi connectivity index (χ1n) is 8.74. The SMILES string of the molecule is COc1cccc(NC(=O)CCNc2ccc(Oc3ccccc3)cc2)c1. The van der Waals surface area contributed by atoms with Gasteiger partial charge >= 0.3 is 0 Å². The van der Waals surface area contributed by atoms with Crippen molar-refractivity contribution in [3.05, 3.63) is 78.9 Å². The molecule has 0 aliphatic heterocycles. The second kappa shape index (κ2) is 9.29. The number of rotatable bonds is 8. The summed E-state index contributed by atoms with van der Waals surface area (Å²) in [6, 6.07) is 24.6. The highest BCUT2D eigenvalue weighted by atomic mass is 16.5. The number of hydrogen-bond donors (Lipinski definition) is 2. The zero-order chi connectivity index (χ0) is 18.9. The van der Waals surface area contributed by atoms with Crippen LogP contribution in [0.2, 0.25) is 0 Å². The number of nitrogens with one attached hydrogen (secondary N) is 2. The Morgan fingerprint density at radius 3 is 2.26 bits per heavy atom. The molecule has 0 saturated carbocycles. The Balaban J connectivity index is 1.43. The molecule has 0 radical (unpaired) electrons. The van der Waals surface area contributed by atoms with Crippen LogP contribution in [-0.4, -0.2) is 19.6 Å². The second-order valence-electron chi connectivity index (χ2n) is 5.90. The summed E-state index contributed by atoms with van der Waals surface area (Å²) < 4.78 is 10.9. The molecule has 5 heteroatoms. The van der Waals surface area contributed by atoms with Gasteiger partial charge in [-0.05, 0) is 48.5 Å². The van der Waals surface area contributed by atoms with Crippen LogP contribution in [0.4, 0.5) is 11.4 Å². The van der Waals surface area contributed by atoms with Crippen molar-refractivity contribution in [3.8, 4) is 17.2 Å². The van der Waals surface area contributed by atoms with E-state index < -0.39 is 0 Å². The molecule has 0 aliphatic carbocycles. The van der Waals surface area contributed by atoms with Crippen LogP contribution in [0.15, 0.2) is 78.9 Å². The Labute approximate surface area is 158 Å². The van der Waals surface area contributed by atoms with Crippen LogP contribution >= 0.6 is 0 Å². The van der Waals surface area contributed by atoms with Gasteiger partial charge in [-0.25, -0.2) is 0 Å². The zero-order valence-electron chi connectivity index (χ0n) is 15.1. The molecule has 3 rings (SSSR count). The lowest BCUT2D eigenvalue weighted by atomic mass is 10.2. The van der Waals surface area contributed by atoms with E-state index >= 15 is 0 Å². The summed E-state index contributed by atoms with van der Waals surface area (Å²) in [5.74, 6) is 2.22. The maximum atomic E-state index is 12.0. The van der Waals surface area contributed by atoms with Gasteiger partial charge in [-0.15, -0.1) is 0 Å². The molecule has 0 aliphatic rings. The highest BCUT2D eigenvalue weighted by molar-refractivity contribution is 5.91. The van der Waals surface area contributed by atoms with Gasteiger partial charge in [-0.1, -0.05) is 24.3 Å². The van der Waals surface area contributed by atoms with Crippen molar-refractivity contribution in [2.75, 3.05) is 24.3 Å². The normalized spacial score (nSPS) is 10.1. The zero-order valence-corrected chi connectivity index (χ0v) is 15.1. The Morgan fingerprint density at radius 1 is 0.815 bits per heavy atom. The molecule has 0 unspecified atom stereocenters. The molecule has 138 valence electrons. The van der Waals surface area contributed by atoms with Crippen LogP contribution in [0.1, 0.15) is 6.42 Å². The summed E-state index contributed by atoms with van der Waals surface area (Å²) in [6.45, 7) is 0.536. The minimum atomic E-state index is -0.0558. The average molecular weight is 362 g/mol. The lowest BCUT2D eigenvalue weighted by Crippen LogP contribution is -2.16. The van der Waals surface area contributed by atoms with Gasteiger partial charge in [-0.3, -0.25) is 4.79 Å². The number of anilines is 2. The first-order valence-corrected chi connectivity index (χ1v) is 8.74. The standard InChI is InChI=1S/C22H22N2O3/c1-26-21-9-5-6-18(16-21)24-22(25)14-15-23-17-10-12-20(13-11-17)27-19-7-3-2-4-8-19/h2-13,16,23H,14-15H2,1H3,(H,24,25). The molecule has 3 aromatic carbocycles. The molecule has 2 N–H and O–H groups in total. The lowest BCUT2D eigenvalue weighted by Gasteiger charge is -2.10. The van der Waals surface area contributed by atoms with Gasteiger partial charge in [0.05, 0.1) is 7.11 Å². The molecule has 0 aromatic heterocycles. The number of carbonyl (C=O) groups excluding carboxylic acids is 1. The molecular weight excluding hydrogens is 340 g/mol. The van der Waals surface area contributed by atoms with Crippen molar-refractivity contribution in [1.29, 1.82) is 0 Å². The number of para-hydroxylation sites is 1. The van der Waals surface area contributed by atoms with E-state index in [-0.39, 0.29) is 5.91 Å². The molecule has 0 atom stereocenters. The molecule has 5 nitrogen and oxygen atoms in total. The van der Waals surface area contributed by atoms with Crippen molar-refractivity contribution in [3.63, 3.8) is 0 Å². The molecule has 0 saturated heterocycles. The second-order valence-corrected chi connectivity index (χ2v) is 5.90. The first-order chi connectivity index (χ1) is 13.2. The third-order valence-electron chi connectivity index (χ3n) is 3.87. The summed E-state index contributed by atoms with van der Waals surface area (Å²) in [5, 5.41) is 6.09. The highest BCUT2D eigenvalue weighted by Crippen LogP contribution is 2.22. The predicted octanol–water partition coefficient (Wildman–Crippen LogP) is 4.93. The molecule has 0 spiro atoms. The number of amides is 1. The Bertz CT molecular complexity index is 864. The molecular formula is C22H22N2O3. The van der Waals surface area contributed by atoms with Crippen LogP contribution in [0.3, 0.4) is 0 Å². The van der Waals surface area contributed by atoms with Crippen LogP contribution < -0.4 is 20.1 Å². The quantitative estimate of drug-likeness (QED) is 0.597. The minimum Gasteiger partial charge on any atom is -0.497 e. The van der Waals surface area contributed by atoms with Crippen LogP contribution in [0.5, 0.6) is 17.2 Å². The minimum absolute atomic E-state index is 0.0558. The van der Waals surface area contributed by atoms with Gasteiger partial charge in [0.2, 0.25) is 5.91 Å². The Hall–Kier alpha value is -3.47. The van der Waals surface area contributed by atoms with Crippen molar-refractivity contribution in [2.45, 2.75) is 6.42 Å². The van der Waals surface area contributed by atoms with Crippen molar-refractivity contribution in [1.82, 2.24) is 0 Å². The van der Waals surface area contributed by atoms with E-state index in [9.17, 15) is 4.79 Å². The number of benzene rings is 3. The van der Waals surface area contributed by atoms with E-state index in [0.717, 1.165) is 22.9 Å². The third kappa shape index (κ3) is 5.78. The van der Waals surface area contributed by atoms with Crippen LogP contribution in [-0.2, 0) is 4.79 Å². The van der Waals surface area contributed by atoms with E-state index in [4.69, 9.17) is 9.47 Å². The topological polar surface area (TPSA) is 59.6 Å². The summed E-state index contributed by atoms with van der Waals surface area (Å²) in [7, 11) is 1.60. The first kappa shape index (κ1) is 18.3. The number of ether oxygens (including phenoxy) is 2. The number of carbonyl (C=O) groups is 1. The van der Waals surface area contributed by atoms with Gasteiger partial charge in [0.25, 0.3) is 0 Å². The third-order valence-corrected chi connectivity index (χ3v) is 3.87. The van der Waals surface area contributed by atoms with Gasteiger partial charge in [-0.2, -0.15) is 0 Å². The van der Waals surface area contributed by atoms with Crippen molar-refractivity contribution < 1.29 is 14.3 Å². The van der Waals surface area contributed by atoms with Crippen LogP contribution in [0.25, 0.3) is 0 Å². The van der Waals surface area contributed by atoms with Crippen LogP contribution in [0, 0.1) is 0 Å². The van der Waals surface area contributed by atoms with E-state index in [1.807, 2.05) is 72.8 Å². The molecule has 0 fully saturated rings. The van der Waals surface area contributed by atoms with E-state index in [1.165, 1.54) is 0 Å². The van der Waals surface area contributed by atoms with E-state index in [0.29, 0.717) is 18.7 Å². The fourth-order valence-electron chi connectivity index (χ4n) is 2.51. The molecule has 27 heavy (non-hydrogen) atoms. The van der Waals surface area contributed by atoms with Crippen molar-refractivity contribution in [2.24, 2.45) is 0 Å². The summed E-state index contributed by atoms with van der Waals surface area (Å²) >= 11 is 0. The molecule has 3 aromatic rings. The van der Waals surface area contributed by atoms with Gasteiger partial charge in [0, 0.05) is 30.4 Å². The summed E-state index contributed by atoms with van der Waals surface area (Å²) in [6.07, 6.45) is 0.361. The van der Waals surface area contributed by atoms with Gasteiger partial charge in [0.15, 0.2) is 0 Å². The Kier molecular flexibility index (Phi) is 6.30. The summed E-state index contributed by atoms with van der Waals surface area (Å²) in [5.41, 5.74) is 1.66. The lowest BCUT2D eigenvalue weighted by molar-refractivity contribution is -0.115. The molecule has 0 bridgehead atoms. The Morgan fingerprint density at radius 2 is 1.52 bits per heavy atom. The largest absolute Gasteiger partial charge is 0.497 e. The predicted molar refractivity (Wildman–Crippen MR) is 108 cm³/mol. The maximum Gasteiger partial charge on any atom is 0.226 e. The average Bonchev–Trinajstić information content (AvgIpc) is 2.70.